The molecule has 0 bridgehead atoms. The van der Waals surface area contributed by atoms with Gasteiger partial charge in [0, 0.05) is 13.6 Å². The molecule has 1 heterocycles. The van der Waals surface area contributed by atoms with E-state index >= 15 is 0 Å². The van der Waals surface area contributed by atoms with Gasteiger partial charge in [-0.25, -0.2) is 4.90 Å². The van der Waals surface area contributed by atoms with E-state index in [9.17, 15) is 14.7 Å². The standard InChI is InChI=1S/C23H23N3O4/c1-3-14-30-19-10-6-17(7-11-19)20-21(25(2)12-13-27)23(29)26(22(20)28)18-8-4-16(15-24)5-9-18/h4-11,27H,3,12-14H2,1-2H3. The Kier molecular flexibility index (Phi) is 6.50. The van der Waals surface area contributed by atoms with Gasteiger partial charge in [0.2, 0.25) is 0 Å². The number of anilines is 1. The SMILES string of the molecule is CCCOc1ccc(C2=C(N(C)CCO)C(=O)N(c3ccc(C#N)cc3)C2=O)cc1. The number of likely N-dealkylation sites (N-methyl/N-ethyl adjacent to an activating group) is 1. The number of aliphatic hydroxyl groups is 1. The monoisotopic (exact) mass is 405 g/mol. The van der Waals surface area contributed by atoms with Gasteiger partial charge in [-0.15, -0.1) is 0 Å². The largest absolute Gasteiger partial charge is 0.494 e. The number of amides is 2. The van der Waals surface area contributed by atoms with Crippen LogP contribution in [-0.4, -0.2) is 48.6 Å². The maximum Gasteiger partial charge on any atom is 0.282 e. The first-order valence-electron chi connectivity index (χ1n) is 9.70. The molecule has 154 valence electrons. The molecule has 0 unspecified atom stereocenters. The lowest BCUT2D eigenvalue weighted by Crippen LogP contribution is -2.34. The fraction of sp³-hybridized carbons (Fsp3) is 0.261. The van der Waals surface area contributed by atoms with Crippen LogP contribution in [0.4, 0.5) is 5.69 Å². The van der Waals surface area contributed by atoms with Crippen LogP contribution in [0.3, 0.4) is 0 Å². The van der Waals surface area contributed by atoms with E-state index < -0.39 is 11.8 Å². The highest BCUT2D eigenvalue weighted by atomic mass is 16.5. The number of ether oxygens (including phenoxy) is 1. The quantitative estimate of drug-likeness (QED) is 0.679. The molecule has 2 aromatic carbocycles. The van der Waals surface area contributed by atoms with E-state index in [4.69, 9.17) is 10.00 Å². The summed E-state index contributed by atoms with van der Waals surface area (Å²) in [7, 11) is 1.66. The van der Waals surface area contributed by atoms with Crippen molar-refractivity contribution in [3.63, 3.8) is 0 Å². The summed E-state index contributed by atoms with van der Waals surface area (Å²) in [6.45, 7) is 2.66. The lowest BCUT2D eigenvalue weighted by molar-refractivity contribution is -0.120. The van der Waals surface area contributed by atoms with Gasteiger partial charge in [-0.05, 0) is 48.4 Å². The van der Waals surface area contributed by atoms with Crippen LogP contribution in [0.1, 0.15) is 24.5 Å². The second-order valence-corrected chi connectivity index (χ2v) is 6.85. The third kappa shape index (κ3) is 4.04. The Hall–Kier alpha value is -3.63. The summed E-state index contributed by atoms with van der Waals surface area (Å²) in [5.41, 5.74) is 1.90. The normalized spacial score (nSPS) is 13.6. The van der Waals surface area contributed by atoms with Crippen molar-refractivity contribution in [3.05, 3.63) is 65.4 Å². The van der Waals surface area contributed by atoms with Crippen LogP contribution in [0.5, 0.6) is 5.75 Å². The fourth-order valence-electron chi connectivity index (χ4n) is 3.25. The van der Waals surface area contributed by atoms with Gasteiger partial charge in [0.25, 0.3) is 11.8 Å². The molecule has 0 saturated carbocycles. The van der Waals surface area contributed by atoms with E-state index in [2.05, 4.69) is 0 Å². The van der Waals surface area contributed by atoms with Gasteiger partial charge in [0.1, 0.15) is 11.4 Å². The van der Waals surface area contributed by atoms with Crippen LogP contribution in [-0.2, 0) is 9.59 Å². The molecular weight excluding hydrogens is 382 g/mol. The molecule has 1 aliphatic rings. The summed E-state index contributed by atoms with van der Waals surface area (Å²) in [6.07, 6.45) is 0.884. The van der Waals surface area contributed by atoms with Crippen LogP contribution < -0.4 is 9.64 Å². The maximum absolute atomic E-state index is 13.3. The van der Waals surface area contributed by atoms with E-state index in [-0.39, 0.29) is 24.4 Å². The highest BCUT2D eigenvalue weighted by Gasteiger charge is 2.41. The van der Waals surface area contributed by atoms with Crippen molar-refractivity contribution in [2.75, 3.05) is 31.7 Å². The van der Waals surface area contributed by atoms with Gasteiger partial charge < -0.3 is 14.7 Å². The lowest BCUT2D eigenvalue weighted by Gasteiger charge is -2.20. The van der Waals surface area contributed by atoms with Crippen molar-refractivity contribution >= 4 is 23.1 Å². The zero-order valence-corrected chi connectivity index (χ0v) is 17.0. The number of aliphatic hydroxyl groups excluding tert-OH is 1. The highest BCUT2D eigenvalue weighted by molar-refractivity contribution is 6.45. The molecule has 0 atom stereocenters. The molecule has 7 heteroatoms. The molecule has 0 saturated heterocycles. The Bertz CT molecular complexity index is 1000. The number of imide groups is 1. The lowest BCUT2D eigenvalue weighted by atomic mass is 10.0. The van der Waals surface area contributed by atoms with Crippen LogP contribution in [0, 0.1) is 11.3 Å². The molecule has 2 amide bonds. The number of rotatable bonds is 8. The van der Waals surface area contributed by atoms with Crippen molar-refractivity contribution in [3.8, 4) is 11.8 Å². The maximum atomic E-state index is 13.3. The third-order valence-electron chi connectivity index (χ3n) is 4.75. The predicted octanol–water partition coefficient (Wildman–Crippen LogP) is 2.56. The summed E-state index contributed by atoms with van der Waals surface area (Å²) in [6, 6.07) is 15.3. The minimum atomic E-state index is -0.470. The number of hydrogen-bond acceptors (Lipinski definition) is 6. The second kappa shape index (κ2) is 9.25. The van der Waals surface area contributed by atoms with Gasteiger partial charge in [-0.3, -0.25) is 9.59 Å². The molecule has 7 nitrogen and oxygen atoms in total. The van der Waals surface area contributed by atoms with Gasteiger partial charge >= 0.3 is 0 Å². The second-order valence-electron chi connectivity index (χ2n) is 6.85. The molecule has 0 fully saturated rings. The molecule has 30 heavy (non-hydrogen) atoms. The van der Waals surface area contributed by atoms with Crippen molar-refractivity contribution in [1.29, 1.82) is 5.26 Å². The zero-order chi connectivity index (χ0) is 21.7. The van der Waals surface area contributed by atoms with E-state index in [0.717, 1.165) is 11.3 Å². The van der Waals surface area contributed by atoms with Crippen molar-refractivity contribution < 1.29 is 19.4 Å². The van der Waals surface area contributed by atoms with Crippen LogP contribution in [0.15, 0.2) is 54.2 Å². The predicted molar refractivity (Wildman–Crippen MR) is 113 cm³/mol. The Balaban J connectivity index is 2.02. The van der Waals surface area contributed by atoms with Gasteiger partial charge in [-0.1, -0.05) is 19.1 Å². The van der Waals surface area contributed by atoms with Crippen molar-refractivity contribution in [1.82, 2.24) is 4.90 Å². The molecule has 2 aromatic rings. The Morgan fingerprint density at radius 3 is 2.30 bits per heavy atom. The number of carbonyl (C=O) groups excluding carboxylic acids is 2. The number of nitrogens with zero attached hydrogens (tertiary/aromatic N) is 3. The topological polar surface area (TPSA) is 93.9 Å². The molecule has 1 aliphatic heterocycles. The fourth-order valence-corrected chi connectivity index (χ4v) is 3.25. The Morgan fingerprint density at radius 1 is 1.07 bits per heavy atom. The molecule has 0 aromatic heterocycles. The number of hydrogen-bond donors (Lipinski definition) is 1. The Morgan fingerprint density at radius 2 is 1.73 bits per heavy atom. The molecule has 1 N–H and O–H groups in total. The molecule has 0 radical (unpaired) electrons. The molecule has 0 aliphatic carbocycles. The third-order valence-corrected chi connectivity index (χ3v) is 4.75. The average molecular weight is 405 g/mol. The minimum absolute atomic E-state index is 0.157. The van der Waals surface area contributed by atoms with Crippen LogP contribution in [0.25, 0.3) is 5.57 Å². The summed E-state index contributed by atoms with van der Waals surface area (Å²) in [4.78, 5) is 29.2. The first kappa shape index (κ1) is 21.1. The van der Waals surface area contributed by atoms with Crippen LogP contribution >= 0.6 is 0 Å². The minimum Gasteiger partial charge on any atom is -0.494 e. The average Bonchev–Trinajstić information content (AvgIpc) is 3.03. The molecule has 0 spiro atoms. The Labute approximate surface area is 175 Å². The molecular formula is C23H23N3O4. The van der Waals surface area contributed by atoms with E-state index in [1.165, 1.54) is 0 Å². The molecule has 3 rings (SSSR count). The van der Waals surface area contributed by atoms with Gasteiger partial charge in [0.05, 0.1) is 36.1 Å². The van der Waals surface area contributed by atoms with Gasteiger partial charge in [-0.2, -0.15) is 5.26 Å². The zero-order valence-electron chi connectivity index (χ0n) is 17.0. The summed E-state index contributed by atoms with van der Waals surface area (Å²) < 4.78 is 5.60. The summed E-state index contributed by atoms with van der Waals surface area (Å²) >= 11 is 0. The van der Waals surface area contributed by atoms with Crippen molar-refractivity contribution in [2.45, 2.75) is 13.3 Å². The van der Waals surface area contributed by atoms with E-state index in [0.29, 0.717) is 29.2 Å². The number of carbonyl (C=O) groups is 2. The summed E-state index contributed by atoms with van der Waals surface area (Å²) in [5, 5.41) is 18.3. The summed E-state index contributed by atoms with van der Waals surface area (Å²) in [5.74, 6) is -0.235. The highest BCUT2D eigenvalue weighted by Crippen LogP contribution is 2.35. The number of nitriles is 1. The van der Waals surface area contributed by atoms with E-state index in [1.54, 1.807) is 60.5 Å². The van der Waals surface area contributed by atoms with Crippen LogP contribution in [0.2, 0.25) is 0 Å². The first-order chi connectivity index (χ1) is 14.5. The number of benzene rings is 2. The van der Waals surface area contributed by atoms with Gasteiger partial charge in [0.15, 0.2) is 0 Å². The first-order valence-corrected chi connectivity index (χ1v) is 9.70. The van der Waals surface area contributed by atoms with Crippen molar-refractivity contribution in [2.24, 2.45) is 0 Å². The van der Waals surface area contributed by atoms with E-state index in [1.807, 2.05) is 13.0 Å². The smallest absolute Gasteiger partial charge is 0.282 e.